The van der Waals surface area contributed by atoms with Crippen LogP contribution in [0.1, 0.15) is 18.9 Å². The van der Waals surface area contributed by atoms with Gasteiger partial charge in [0.1, 0.15) is 11.6 Å². The lowest BCUT2D eigenvalue weighted by molar-refractivity contribution is 0.555. The summed E-state index contributed by atoms with van der Waals surface area (Å²) >= 11 is 3.38. The van der Waals surface area contributed by atoms with Crippen molar-refractivity contribution >= 4 is 15.9 Å². The molecule has 2 atom stereocenters. The van der Waals surface area contributed by atoms with E-state index in [0.29, 0.717) is 11.5 Å². The van der Waals surface area contributed by atoms with Gasteiger partial charge in [-0.2, -0.15) is 0 Å². The Labute approximate surface area is 90.4 Å². The molecule has 2 unspecified atom stereocenters. The molecular formula is C11H11BrF2. The highest BCUT2D eigenvalue weighted by Gasteiger charge is 2.51. The molecule has 1 aliphatic carbocycles. The number of alkyl halides is 1. The highest BCUT2D eigenvalue weighted by Crippen LogP contribution is 2.55. The molecule has 0 saturated heterocycles. The normalized spacial score (nSPS) is 30.4. The van der Waals surface area contributed by atoms with Crippen molar-refractivity contribution in [3.05, 3.63) is 35.4 Å². The van der Waals surface area contributed by atoms with Gasteiger partial charge in [-0.15, -0.1) is 0 Å². The maximum Gasteiger partial charge on any atom is 0.127 e. The second-order valence-corrected chi connectivity index (χ2v) is 4.74. The third-order valence-electron chi connectivity index (χ3n) is 3.14. The van der Waals surface area contributed by atoms with E-state index in [2.05, 4.69) is 15.9 Å². The molecule has 0 aliphatic heterocycles. The predicted octanol–water partition coefficient (Wildman–Crippen LogP) is 3.64. The first-order valence-electron chi connectivity index (χ1n) is 4.59. The Bertz CT molecular complexity index is 364. The van der Waals surface area contributed by atoms with Crippen molar-refractivity contribution in [3.8, 4) is 0 Å². The van der Waals surface area contributed by atoms with E-state index in [-0.39, 0.29) is 17.0 Å². The molecule has 0 bridgehead atoms. The van der Waals surface area contributed by atoms with Crippen LogP contribution in [0.4, 0.5) is 8.78 Å². The molecule has 14 heavy (non-hydrogen) atoms. The first kappa shape index (κ1) is 10.1. The van der Waals surface area contributed by atoms with Crippen LogP contribution in [-0.2, 0) is 5.41 Å². The molecule has 76 valence electrons. The zero-order valence-electron chi connectivity index (χ0n) is 7.86. The molecule has 0 heterocycles. The van der Waals surface area contributed by atoms with Crippen LogP contribution in [0.2, 0.25) is 0 Å². The molecule has 0 aromatic heterocycles. The third kappa shape index (κ3) is 1.48. The summed E-state index contributed by atoms with van der Waals surface area (Å²) in [6, 6.07) is 3.69. The minimum atomic E-state index is -0.358. The van der Waals surface area contributed by atoms with Crippen LogP contribution in [0.25, 0.3) is 0 Å². The smallest absolute Gasteiger partial charge is 0.127 e. The Hall–Kier alpha value is -0.440. The molecule has 1 fully saturated rings. The average molecular weight is 261 g/mol. The topological polar surface area (TPSA) is 0 Å². The number of hydrogen-bond donors (Lipinski definition) is 0. The fourth-order valence-electron chi connectivity index (χ4n) is 1.94. The lowest BCUT2D eigenvalue weighted by Gasteiger charge is -2.12. The third-order valence-corrected chi connectivity index (χ3v) is 3.92. The molecule has 3 heteroatoms. The van der Waals surface area contributed by atoms with Crippen LogP contribution in [-0.4, -0.2) is 5.33 Å². The van der Waals surface area contributed by atoms with Gasteiger partial charge in [-0.05, 0) is 41.5 Å². The van der Waals surface area contributed by atoms with Crippen molar-refractivity contribution in [2.45, 2.75) is 18.8 Å². The number of rotatable bonds is 2. The Morgan fingerprint density at radius 3 is 2.79 bits per heavy atom. The van der Waals surface area contributed by atoms with Crippen molar-refractivity contribution in [1.29, 1.82) is 0 Å². The Morgan fingerprint density at radius 1 is 1.50 bits per heavy atom. The summed E-state index contributed by atoms with van der Waals surface area (Å²) < 4.78 is 26.4. The summed E-state index contributed by atoms with van der Waals surface area (Å²) in [6.45, 7) is 1.98. The fourth-order valence-corrected chi connectivity index (χ4v) is 2.89. The lowest BCUT2D eigenvalue weighted by atomic mass is 9.95. The van der Waals surface area contributed by atoms with Gasteiger partial charge in [0, 0.05) is 5.33 Å². The summed E-state index contributed by atoms with van der Waals surface area (Å²) in [5.74, 6) is -0.223. The van der Waals surface area contributed by atoms with Gasteiger partial charge in [-0.25, -0.2) is 8.78 Å². The maximum absolute atomic E-state index is 13.4. The van der Waals surface area contributed by atoms with Crippen molar-refractivity contribution < 1.29 is 8.78 Å². The highest BCUT2D eigenvalue weighted by atomic mass is 79.9. The molecule has 1 saturated carbocycles. The molecule has 0 radical (unpaired) electrons. The summed E-state index contributed by atoms with van der Waals surface area (Å²) in [5, 5.41) is 0.847. The SMILES string of the molecule is CC1(c2cc(F)ccc2F)CC1CBr. The van der Waals surface area contributed by atoms with E-state index < -0.39 is 0 Å². The summed E-state index contributed by atoms with van der Waals surface area (Å²) in [7, 11) is 0. The molecule has 0 amide bonds. The quantitative estimate of drug-likeness (QED) is 0.713. The van der Waals surface area contributed by atoms with E-state index in [9.17, 15) is 8.78 Å². The molecule has 2 rings (SSSR count). The van der Waals surface area contributed by atoms with Crippen LogP contribution in [0, 0.1) is 17.6 Å². The van der Waals surface area contributed by atoms with E-state index in [4.69, 9.17) is 0 Å². The Morgan fingerprint density at radius 2 is 2.21 bits per heavy atom. The second kappa shape index (κ2) is 3.30. The molecule has 0 nitrogen and oxygen atoms in total. The molecule has 0 spiro atoms. The highest BCUT2D eigenvalue weighted by molar-refractivity contribution is 9.09. The van der Waals surface area contributed by atoms with Crippen molar-refractivity contribution in [2.24, 2.45) is 5.92 Å². The van der Waals surface area contributed by atoms with Crippen LogP contribution < -0.4 is 0 Å². The zero-order valence-corrected chi connectivity index (χ0v) is 9.44. The lowest BCUT2D eigenvalue weighted by Crippen LogP contribution is -2.08. The number of benzene rings is 1. The summed E-state index contributed by atoms with van der Waals surface area (Å²) in [5.41, 5.74) is 0.345. The first-order valence-corrected chi connectivity index (χ1v) is 5.71. The van der Waals surface area contributed by atoms with E-state index >= 15 is 0 Å². The van der Waals surface area contributed by atoms with Crippen LogP contribution in [0.15, 0.2) is 18.2 Å². The molecule has 1 aromatic rings. The summed E-state index contributed by atoms with van der Waals surface area (Å²) in [4.78, 5) is 0. The van der Waals surface area contributed by atoms with Gasteiger partial charge in [0.05, 0.1) is 0 Å². The van der Waals surface area contributed by atoms with Gasteiger partial charge in [-0.1, -0.05) is 22.9 Å². The summed E-state index contributed by atoms with van der Waals surface area (Å²) in [6.07, 6.45) is 0.929. The maximum atomic E-state index is 13.4. The predicted molar refractivity (Wildman–Crippen MR) is 55.6 cm³/mol. The largest absolute Gasteiger partial charge is 0.207 e. The molecule has 1 aliphatic rings. The molecule has 1 aromatic carbocycles. The van der Waals surface area contributed by atoms with Crippen LogP contribution in [0.5, 0.6) is 0 Å². The Balaban J connectivity index is 2.38. The van der Waals surface area contributed by atoms with Gasteiger partial charge < -0.3 is 0 Å². The van der Waals surface area contributed by atoms with Gasteiger partial charge in [0.25, 0.3) is 0 Å². The minimum Gasteiger partial charge on any atom is -0.207 e. The van der Waals surface area contributed by atoms with Gasteiger partial charge in [0.15, 0.2) is 0 Å². The first-order chi connectivity index (χ1) is 6.58. The van der Waals surface area contributed by atoms with Crippen molar-refractivity contribution in [1.82, 2.24) is 0 Å². The van der Waals surface area contributed by atoms with Gasteiger partial charge >= 0.3 is 0 Å². The monoisotopic (exact) mass is 260 g/mol. The second-order valence-electron chi connectivity index (χ2n) is 4.10. The zero-order chi connectivity index (χ0) is 10.3. The minimum absolute atomic E-state index is 0.171. The van der Waals surface area contributed by atoms with E-state index in [1.54, 1.807) is 0 Å². The van der Waals surface area contributed by atoms with Gasteiger partial charge in [-0.3, -0.25) is 0 Å². The van der Waals surface area contributed by atoms with Crippen LogP contribution >= 0.6 is 15.9 Å². The van der Waals surface area contributed by atoms with E-state index in [0.717, 1.165) is 17.8 Å². The number of hydrogen-bond acceptors (Lipinski definition) is 0. The standard InChI is InChI=1S/C11H11BrF2/c1-11(5-7(11)6-12)9-4-8(13)2-3-10(9)14/h2-4,7H,5-6H2,1H3. The van der Waals surface area contributed by atoms with Gasteiger partial charge in [0.2, 0.25) is 0 Å². The number of halogens is 3. The average Bonchev–Trinajstić information content (AvgIpc) is 2.83. The van der Waals surface area contributed by atoms with Crippen molar-refractivity contribution in [3.63, 3.8) is 0 Å². The molecule has 0 N–H and O–H groups in total. The van der Waals surface area contributed by atoms with Crippen molar-refractivity contribution in [2.75, 3.05) is 5.33 Å². The molecular weight excluding hydrogens is 250 g/mol. The van der Waals surface area contributed by atoms with Crippen LogP contribution in [0.3, 0.4) is 0 Å². The van der Waals surface area contributed by atoms with E-state index in [1.807, 2.05) is 6.92 Å². The fraction of sp³-hybridized carbons (Fsp3) is 0.455. The Kier molecular flexibility index (Phi) is 2.38. The van der Waals surface area contributed by atoms with E-state index in [1.165, 1.54) is 12.1 Å².